The minimum Gasteiger partial charge on any atom is -0.462 e. The van der Waals surface area contributed by atoms with Crippen molar-refractivity contribution in [1.29, 1.82) is 0 Å². The fourth-order valence-corrected chi connectivity index (χ4v) is 6.83. The van der Waals surface area contributed by atoms with Crippen LogP contribution >= 0.6 is 0 Å². The Kier molecular flexibility index (Phi) is 30.0. The van der Waals surface area contributed by atoms with Gasteiger partial charge in [0.05, 0.1) is 18.8 Å². The van der Waals surface area contributed by atoms with E-state index in [1.807, 2.05) is 12.2 Å². The van der Waals surface area contributed by atoms with Gasteiger partial charge in [-0.3, -0.25) is 14.4 Å². The van der Waals surface area contributed by atoms with Crippen LogP contribution in [0.1, 0.15) is 187 Å². The van der Waals surface area contributed by atoms with Gasteiger partial charge in [-0.1, -0.05) is 160 Å². The number of rotatable bonds is 34. The zero-order chi connectivity index (χ0) is 37.4. The average Bonchev–Trinajstić information content (AvgIpc) is 3.39. The highest BCUT2D eigenvalue weighted by atomic mass is 16.6. The summed E-state index contributed by atoms with van der Waals surface area (Å²) in [5.41, 5.74) is 0. The molecular formula is C43H76O8. The maximum Gasteiger partial charge on any atom is 0.306 e. The van der Waals surface area contributed by atoms with Crippen LogP contribution in [-0.2, 0) is 23.9 Å². The molecule has 0 aromatic rings. The number of aliphatic hydroxyl groups is 3. The highest BCUT2D eigenvalue weighted by Gasteiger charge is 2.39. The number of esters is 2. The van der Waals surface area contributed by atoms with Crippen LogP contribution < -0.4 is 0 Å². The van der Waals surface area contributed by atoms with E-state index < -0.39 is 30.9 Å². The van der Waals surface area contributed by atoms with Crippen molar-refractivity contribution in [2.45, 2.75) is 206 Å². The van der Waals surface area contributed by atoms with Crippen LogP contribution in [0.3, 0.4) is 0 Å². The van der Waals surface area contributed by atoms with Gasteiger partial charge in [-0.25, -0.2) is 0 Å². The van der Waals surface area contributed by atoms with Gasteiger partial charge < -0.3 is 24.8 Å². The molecular weight excluding hydrogens is 644 g/mol. The zero-order valence-corrected chi connectivity index (χ0v) is 32.6. The van der Waals surface area contributed by atoms with E-state index in [9.17, 15) is 29.7 Å². The predicted octanol–water partition coefficient (Wildman–Crippen LogP) is 9.66. The zero-order valence-electron chi connectivity index (χ0n) is 32.6. The second-order valence-corrected chi connectivity index (χ2v) is 14.9. The molecule has 296 valence electrons. The van der Waals surface area contributed by atoms with Crippen LogP contribution in [0.5, 0.6) is 0 Å². The lowest BCUT2D eigenvalue weighted by Gasteiger charge is -2.16. The largest absolute Gasteiger partial charge is 0.462 e. The summed E-state index contributed by atoms with van der Waals surface area (Å²) in [6.07, 6.45) is 33.1. The van der Waals surface area contributed by atoms with Gasteiger partial charge in [0.1, 0.15) is 12.4 Å². The van der Waals surface area contributed by atoms with Crippen molar-refractivity contribution in [2.24, 2.45) is 11.8 Å². The highest BCUT2D eigenvalue weighted by Crippen LogP contribution is 2.33. The van der Waals surface area contributed by atoms with Crippen molar-refractivity contribution in [3.63, 3.8) is 0 Å². The van der Waals surface area contributed by atoms with Crippen molar-refractivity contribution >= 4 is 17.7 Å². The molecule has 8 heteroatoms. The van der Waals surface area contributed by atoms with Crippen molar-refractivity contribution < 1.29 is 39.2 Å². The number of Topliss-reactive ketones (excluding diaryl/α,β-unsaturated/α-hetero) is 1. The first-order chi connectivity index (χ1) is 24.8. The lowest BCUT2D eigenvalue weighted by Crippen LogP contribution is -2.28. The topological polar surface area (TPSA) is 130 Å². The number of unbranched alkanes of at least 4 members (excludes halogenated alkanes) is 19. The molecule has 1 fully saturated rings. The Balaban J connectivity index is 2.08. The molecule has 0 unspecified atom stereocenters. The fraction of sp³-hybridized carbons (Fsp3) is 0.837. The number of carbonyl (C=O) groups is 3. The molecule has 0 saturated heterocycles. The van der Waals surface area contributed by atoms with Gasteiger partial charge in [0.15, 0.2) is 6.10 Å². The SMILES string of the molecule is CCCCCCCCCCCCCCCCCCCC(=O)O[C@@H](CO)COC(=O)CCC/C=C\C[C@H]1C(=O)C[C@@H](O)[C@@H]1/C=C/[C@@H](O)CCCCC. The highest BCUT2D eigenvalue weighted by molar-refractivity contribution is 5.84. The van der Waals surface area contributed by atoms with Crippen LogP contribution in [0.25, 0.3) is 0 Å². The molecule has 0 aromatic heterocycles. The van der Waals surface area contributed by atoms with Crippen LogP contribution in [0.4, 0.5) is 0 Å². The lowest BCUT2D eigenvalue weighted by molar-refractivity contribution is -0.161. The summed E-state index contributed by atoms with van der Waals surface area (Å²) in [6, 6.07) is 0. The Morgan fingerprint density at radius 2 is 1.27 bits per heavy atom. The quantitative estimate of drug-likeness (QED) is 0.0340. The van der Waals surface area contributed by atoms with Crippen LogP contribution in [-0.4, -0.2) is 64.6 Å². The van der Waals surface area contributed by atoms with Crippen LogP contribution in [0.2, 0.25) is 0 Å². The first-order valence-corrected chi connectivity index (χ1v) is 21.0. The van der Waals surface area contributed by atoms with Crippen molar-refractivity contribution in [2.75, 3.05) is 13.2 Å². The van der Waals surface area contributed by atoms with E-state index in [-0.39, 0.29) is 43.0 Å². The molecule has 51 heavy (non-hydrogen) atoms. The Morgan fingerprint density at radius 1 is 0.745 bits per heavy atom. The summed E-state index contributed by atoms with van der Waals surface area (Å²) in [7, 11) is 0. The van der Waals surface area contributed by atoms with E-state index in [0.29, 0.717) is 32.1 Å². The van der Waals surface area contributed by atoms with Gasteiger partial charge in [-0.05, 0) is 32.1 Å². The molecule has 1 saturated carbocycles. The molecule has 0 heterocycles. The molecule has 5 atom stereocenters. The van der Waals surface area contributed by atoms with E-state index in [1.165, 1.54) is 89.9 Å². The van der Waals surface area contributed by atoms with Gasteiger partial charge in [-0.15, -0.1) is 0 Å². The van der Waals surface area contributed by atoms with Gasteiger partial charge >= 0.3 is 11.9 Å². The lowest BCUT2D eigenvalue weighted by atomic mass is 9.90. The van der Waals surface area contributed by atoms with E-state index >= 15 is 0 Å². The van der Waals surface area contributed by atoms with Gasteiger partial charge in [-0.2, -0.15) is 0 Å². The molecule has 0 radical (unpaired) electrons. The van der Waals surface area contributed by atoms with E-state index in [2.05, 4.69) is 13.8 Å². The number of hydrogen-bond acceptors (Lipinski definition) is 8. The Bertz CT molecular complexity index is 931. The van der Waals surface area contributed by atoms with Crippen LogP contribution in [0.15, 0.2) is 24.3 Å². The van der Waals surface area contributed by atoms with Crippen molar-refractivity contribution in [1.82, 2.24) is 0 Å². The van der Waals surface area contributed by atoms with Crippen LogP contribution in [0, 0.1) is 11.8 Å². The molecule has 0 spiro atoms. The van der Waals surface area contributed by atoms with E-state index in [4.69, 9.17) is 9.47 Å². The third kappa shape index (κ3) is 25.6. The van der Waals surface area contributed by atoms with Crippen molar-refractivity contribution in [3.8, 4) is 0 Å². The first-order valence-electron chi connectivity index (χ1n) is 21.0. The number of allylic oxidation sites excluding steroid dienone is 2. The molecule has 1 aliphatic rings. The Morgan fingerprint density at radius 3 is 1.84 bits per heavy atom. The third-order valence-electron chi connectivity index (χ3n) is 10.1. The summed E-state index contributed by atoms with van der Waals surface area (Å²) in [6.45, 7) is 3.82. The summed E-state index contributed by atoms with van der Waals surface area (Å²) in [5, 5.41) is 30.2. The Hall–Kier alpha value is -2.03. The molecule has 0 aromatic carbocycles. The van der Waals surface area contributed by atoms with Gasteiger partial charge in [0.25, 0.3) is 0 Å². The summed E-state index contributed by atoms with van der Waals surface area (Å²) < 4.78 is 10.6. The average molecular weight is 721 g/mol. The second-order valence-electron chi connectivity index (χ2n) is 14.9. The summed E-state index contributed by atoms with van der Waals surface area (Å²) in [4.78, 5) is 36.9. The minimum absolute atomic E-state index is 0.0326. The molecule has 3 N–H and O–H groups in total. The Labute approximate surface area is 311 Å². The molecule has 1 rings (SSSR count). The van der Waals surface area contributed by atoms with E-state index in [1.54, 1.807) is 12.2 Å². The standard InChI is InChI=1S/C43H76O8/c1-3-5-7-8-9-10-11-12-13-14-15-16-17-18-19-20-26-30-43(49)51-37(34-44)35-50-42(48)29-25-22-21-24-28-38-39(41(47)33-40(38)46)32-31-36(45)27-23-6-4-2/h21,24,31-32,36-39,41,44-45,47H,3-20,22-23,25-30,33-35H2,1-2H3/b24-21-,32-31+/t36-,37-,38+,39+,41+/m0/s1. The molecule has 0 amide bonds. The number of ether oxygens (including phenoxy) is 2. The molecule has 0 aliphatic heterocycles. The smallest absolute Gasteiger partial charge is 0.306 e. The number of carbonyl (C=O) groups excluding carboxylic acids is 3. The molecule has 1 aliphatic carbocycles. The normalized spacial score (nSPS) is 18.9. The van der Waals surface area contributed by atoms with Gasteiger partial charge in [0, 0.05) is 31.1 Å². The summed E-state index contributed by atoms with van der Waals surface area (Å²) in [5.74, 6) is -1.36. The third-order valence-corrected chi connectivity index (χ3v) is 10.1. The fourth-order valence-electron chi connectivity index (χ4n) is 6.83. The molecule has 0 bridgehead atoms. The van der Waals surface area contributed by atoms with E-state index in [0.717, 1.165) is 38.5 Å². The summed E-state index contributed by atoms with van der Waals surface area (Å²) >= 11 is 0. The molecule has 8 nitrogen and oxygen atoms in total. The predicted molar refractivity (Wildman–Crippen MR) is 206 cm³/mol. The first kappa shape index (κ1) is 47.0. The second kappa shape index (κ2) is 32.6. The van der Waals surface area contributed by atoms with Crippen molar-refractivity contribution in [3.05, 3.63) is 24.3 Å². The van der Waals surface area contributed by atoms with Gasteiger partial charge in [0.2, 0.25) is 0 Å². The maximum absolute atomic E-state index is 12.5. The maximum atomic E-state index is 12.5. The number of aliphatic hydroxyl groups excluding tert-OH is 3. The monoisotopic (exact) mass is 721 g/mol. The number of hydrogen-bond donors (Lipinski definition) is 3. The minimum atomic E-state index is -0.856. The number of ketones is 1.